The summed E-state index contributed by atoms with van der Waals surface area (Å²) in [5, 5.41) is 3.31. The van der Waals surface area contributed by atoms with Crippen LogP contribution < -0.4 is 5.32 Å². The normalized spacial score (nSPS) is 12.1. The quantitative estimate of drug-likeness (QED) is 0.503. The largest absolute Gasteiger partial charge is 0.469 e. The molecule has 0 radical (unpaired) electrons. The van der Waals surface area contributed by atoms with Gasteiger partial charge in [0.15, 0.2) is 0 Å². The van der Waals surface area contributed by atoms with E-state index in [1.165, 1.54) is 7.11 Å². The fraction of sp³-hybridized carbons (Fsp3) is 0.588. The lowest BCUT2D eigenvalue weighted by Crippen LogP contribution is -2.29. The number of unbranched alkanes of at least 4 members (excludes halogenated alkanes) is 1. The van der Waals surface area contributed by atoms with Gasteiger partial charge in [-0.25, -0.2) is 0 Å². The van der Waals surface area contributed by atoms with Gasteiger partial charge in [0.25, 0.3) is 0 Å². The summed E-state index contributed by atoms with van der Waals surface area (Å²) >= 11 is 0. The van der Waals surface area contributed by atoms with Crippen LogP contribution in [0.3, 0.4) is 0 Å². The molecular weight excluding hydrogens is 266 g/mol. The van der Waals surface area contributed by atoms with E-state index in [-0.39, 0.29) is 11.9 Å². The van der Waals surface area contributed by atoms with Gasteiger partial charge < -0.3 is 14.8 Å². The van der Waals surface area contributed by atoms with E-state index in [2.05, 4.69) is 12.2 Å². The summed E-state index contributed by atoms with van der Waals surface area (Å²) in [7, 11) is 1.43. The van der Waals surface area contributed by atoms with Crippen LogP contribution >= 0.6 is 0 Å². The van der Waals surface area contributed by atoms with Crippen LogP contribution in [0.2, 0.25) is 0 Å². The molecule has 0 aromatic heterocycles. The highest BCUT2D eigenvalue weighted by molar-refractivity contribution is 5.78. The first-order valence-corrected chi connectivity index (χ1v) is 7.70. The standard InChI is InChI=1S/C17H27NO3/c1-3-4-12-21-13-8-11-18-14-16(17(19)20-2)15-9-6-5-7-10-15/h5-7,9-10,16,18H,3-4,8,11-14H2,1-2H3. The number of rotatable bonds is 11. The summed E-state index contributed by atoms with van der Waals surface area (Å²) in [5.41, 5.74) is 0.982. The first-order valence-electron chi connectivity index (χ1n) is 7.70. The van der Waals surface area contributed by atoms with Gasteiger partial charge in [0.2, 0.25) is 0 Å². The molecule has 0 amide bonds. The van der Waals surface area contributed by atoms with Crippen molar-refractivity contribution >= 4 is 5.97 Å². The summed E-state index contributed by atoms with van der Waals surface area (Å²) in [4.78, 5) is 11.9. The molecule has 0 fully saturated rings. The van der Waals surface area contributed by atoms with Crippen LogP contribution in [0.5, 0.6) is 0 Å². The Morgan fingerprint density at radius 1 is 1.19 bits per heavy atom. The average molecular weight is 293 g/mol. The van der Waals surface area contributed by atoms with E-state index >= 15 is 0 Å². The van der Waals surface area contributed by atoms with E-state index in [1.54, 1.807) is 0 Å². The molecule has 0 saturated carbocycles. The Morgan fingerprint density at radius 2 is 1.90 bits per heavy atom. The Bertz CT molecular complexity index is 381. The molecule has 0 aliphatic heterocycles. The van der Waals surface area contributed by atoms with Crippen molar-refractivity contribution in [3.05, 3.63) is 35.9 Å². The summed E-state index contributed by atoms with van der Waals surface area (Å²) in [6, 6.07) is 9.73. The molecule has 1 aromatic carbocycles. The Morgan fingerprint density at radius 3 is 2.57 bits per heavy atom. The number of carbonyl (C=O) groups excluding carboxylic acids is 1. The molecule has 0 aliphatic rings. The maximum atomic E-state index is 11.9. The van der Waals surface area contributed by atoms with Crippen molar-refractivity contribution in [1.82, 2.24) is 5.32 Å². The molecule has 1 N–H and O–H groups in total. The summed E-state index contributed by atoms with van der Waals surface area (Å²) in [6.45, 7) is 5.19. The third kappa shape index (κ3) is 7.25. The Balaban J connectivity index is 2.27. The summed E-state index contributed by atoms with van der Waals surface area (Å²) in [5.74, 6) is -0.454. The second kappa shape index (κ2) is 11.3. The van der Waals surface area contributed by atoms with E-state index in [4.69, 9.17) is 9.47 Å². The van der Waals surface area contributed by atoms with Crippen molar-refractivity contribution in [1.29, 1.82) is 0 Å². The van der Waals surface area contributed by atoms with Gasteiger partial charge >= 0.3 is 5.97 Å². The fourth-order valence-electron chi connectivity index (χ4n) is 2.06. The zero-order chi connectivity index (χ0) is 15.3. The van der Waals surface area contributed by atoms with Gasteiger partial charge in [0, 0.05) is 19.8 Å². The fourth-order valence-corrected chi connectivity index (χ4v) is 2.06. The lowest BCUT2D eigenvalue weighted by molar-refractivity contribution is -0.142. The van der Waals surface area contributed by atoms with E-state index in [0.29, 0.717) is 6.54 Å². The zero-order valence-electron chi connectivity index (χ0n) is 13.1. The minimum absolute atomic E-state index is 0.201. The van der Waals surface area contributed by atoms with Crippen LogP contribution in [-0.4, -0.2) is 39.4 Å². The summed E-state index contributed by atoms with van der Waals surface area (Å²) < 4.78 is 10.4. The highest BCUT2D eigenvalue weighted by Gasteiger charge is 2.20. The SMILES string of the molecule is CCCCOCCCNCC(C(=O)OC)c1ccccc1. The lowest BCUT2D eigenvalue weighted by Gasteiger charge is -2.15. The van der Waals surface area contributed by atoms with Crippen LogP contribution in [0, 0.1) is 0 Å². The molecule has 1 aromatic rings. The van der Waals surface area contributed by atoms with Gasteiger partial charge in [-0.2, -0.15) is 0 Å². The number of methoxy groups -OCH3 is 1. The minimum Gasteiger partial charge on any atom is -0.469 e. The Kier molecular flexibility index (Phi) is 9.49. The number of hydrogen-bond donors (Lipinski definition) is 1. The molecular formula is C17H27NO3. The molecule has 0 bridgehead atoms. The van der Waals surface area contributed by atoms with Crippen molar-refractivity contribution < 1.29 is 14.3 Å². The molecule has 21 heavy (non-hydrogen) atoms. The van der Waals surface area contributed by atoms with Crippen molar-refractivity contribution in [2.45, 2.75) is 32.1 Å². The molecule has 1 atom stereocenters. The number of ether oxygens (including phenoxy) is 2. The van der Waals surface area contributed by atoms with E-state index in [0.717, 1.165) is 44.6 Å². The van der Waals surface area contributed by atoms with E-state index in [9.17, 15) is 4.79 Å². The second-order valence-corrected chi connectivity index (χ2v) is 5.01. The molecule has 0 spiro atoms. The zero-order valence-corrected chi connectivity index (χ0v) is 13.1. The third-order valence-corrected chi connectivity index (χ3v) is 3.32. The topological polar surface area (TPSA) is 47.6 Å². The molecule has 0 aliphatic carbocycles. The number of esters is 1. The van der Waals surface area contributed by atoms with Crippen molar-refractivity contribution in [3.63, 3.8) is 0 Å². The first kappa shape index (κ1) is 17.7. The molecule has 4 heteroatoms. The van der Waals surface area contributed by atoms with Gasteiger partial charge in [-0.15, -0.1) is 0 Å². The highest BCUT2D eigenvalue weighted by atomic mass is 16.5. The van der Waals surface area contributed by atoms with Crippen molar-refractivity contribution in [2.24, 2.45) is 0 Å². The van der Waals surface area contributed by atoms with Crippen LogP contribution in [0.4, 0.5) is 0 Å². The number of carbonyl (C=O) groups is 1. The minimum atomic E-state index is -0.253. The maximum absolute atomic E-state index is 11.9. The van der Waals surface area contributed by atoms with Gasteiger partial charge in [0.1, 0.15) is 0 Å². The smallest absolute Gasteiger partial charge is 0.314 e. The molecule has 0 heterocycles. The lowest BCUT2D eigenvalue weighted by atomic mass is 9.99. The summed E-state index contributed by atoms with van der Waals surface area (Å²) in [6.07, 6.45) is 3.23. The molecule has 0 saturated heterocycles. The Hall–Kier alpha value is -1.39. The molecule has 1 rings (SSSR count). The Labute approximate surface area is 127 Å². The van der Waals surface area contributed by atoms with Gasteiger partial charge in [-0.05, 0) is 24.9 Å². The number of benzene rings is 1. The first-order chi connectivity index (χ1) is 10.3. The number of hydrogen-bond acceptors (Lipinski definition) is 4. The monoisotopic (exact) mass is 293 g/mol. The van der Waals surface area contributed by atoms with Gasteiger partial charge in [-0.1, -0.05) is 43.7 Å². The predicted molar refractivity (Wildman–Crippen MR) is 84.4 cm³/mol. The van der Waals surface area contributed by atoms with Gasteiger partial charge in [0.05, 0.1) is 13.0 Å². The molecule has 4 nitrogen and oxygen atoms in total. The van der Waals surface area contributed by atoms with Crippen LogP contribution in [0.15, 0.2) is 30.3 Å². The van der Waals surface area contributed by atoms with Crippen molar-refractivity contribution in [3.8, 4) is 0 Å². The molecule has 1 unspecified atom stereocenters. The predicted octanol–water partition coefficient (Wildman–Crippen LogP) is 2.74. The van der Waals surface area contributed by atoms with E-state index in [1.807, 2.05) is 30.3 Å². The van der Waals surface area contributed by atoms with Gasteiger partial charge in [-0.3, -0.25) is 4.79 Å². The molecule has 118 valence electrons. The average Bonchev–Trinajstić information content (AvgIpc) is 2.53. The highest BCUT2D eigenvalue weighted by Crippen LogP contribution is 2.16. The van der Waals surface area contributed by atoms with Crippen LogP contribution in [0.1, 0.15) is 37.7 Å². The second-order valence-electron chi connectivity index (χ2n) is 5.01. The maximum Gasteiger partial charge on any atom is 0.314 e. The van der Waals surface area contributed by atoms with Crippen LogP contribution in [-0.2, 0) is 14.3 Å². The third-order valence-electron chi connectivity index (χ3n) is 3.32. The van der Waals surface area contributed by atoms with Crippen molar-refractivity contribution in [2.75, 3.05) is 33.4 Å². The number of nitrogens with one attached hydrogen (secondary N) is 1. The van der Waals surface area contributed by atoms with Crippen LogP contribution in [0.25, 0.3) is 0 Å². The van der Waals surface area contributed by atoms with E-state index < -0.39 is 0 Å².